The summed E-state index contributed by atoms with van der Waals surface area (Å²) in [6.45, 7) is 0.224. The zero-order chi connectivity index (χ0) is 21.1. The Morgan fingerprint density at radius 2 is 1.86 bits per heavy atom. The summed E-state index contributed by atoms with van der Waals surface area (Å²) in [5.41, 5.74) is -0.359. The van der Waals surface area contributed by atoms with E-state index in [9.17, 15) is 29.3 Å². The number of carbonyl (C=O) groups excluding carboxylic acids is 4. The predicted octanol–water partition coefficient (Wildman–Crippen LogP) is 0.212. The number of likely N-dealkylation sites (tertiary alicyclic amines) is 1. The number of rotatable bonds is 5. The largest absolute Gasteiger partial charge is 0.352 e. The first-order valence-corrected chi connectivity index (χ1v) is 8.90. The van der Waals surface area contributed by atoms with Crippen molar-refractivity contribution < 1.29 is 24.1 Å². The van der Waals surface area contributed by atoms with Crippen molar-refractivity contribution >= 4 is 29.3 Å². The summed E-state index contributed by atoms with van der Waals surface area (Å²) in [6, 6.07) is 5.02. The van der Waals surface area contributed by atoms with Crippen LogP contribution < -0.4 is 5.32 Å². The quantitative estimate of drug-likeness (QED) is 0.422. The molecular formula is C18H17N5O6. The molecule has 0 aromatic heterocycles. The topological polar surface area (TPSA) is 154 Å². The highest BCUT2D eigenvalue weighted by molar-refractivity contribution is 6.22. The Kier molecular flexibility index (Phi) is 5.54. The Morgan fingerprint density at radius 3 is 2.48 bits per heavy atom. The van der Waals surface area contributed by atoms with Gasteiger partial charge >= 0.3 is 0 Å². The van der Waals surface area contributed by atoms with Crippen LogP contribution in [0.15, 0.2) is 18.2 Å². The summed E-state index contributed by atoms with van der Waals surface area (Å²) >= 11 is 0. The predicted molar refractivity (Wildman–Crippen MR) is 96.4 cm³/mol. The molecular weight excluding hydrogens is 382 g/mol. The van der Waals surface area contributed by atoms with Gasteiger partial charge < -0.3 is 10.2 Å². The number of amides is 4. The number of nitro groups is 1. The van der Waals surface area contributed by atoms with Crippen molar-refractivity contribution in [2.75, 3.05) is 19.6 Å². The number of nitrogens with one attached hydrogen (secondary N) is 1. The van der Waals surface area contributed by atoms with E-state index < -0.39 is 29.2 Å². The number of hydrogen-bond acceptors (Lipinski definition) is 7. The van der Waals surface area contributed by atoms with Crippen molar-refractivity contribution in [1.82, 2.24) is 15.1 Å². The SMILES string of the molecule is N#CCC(=O)NC1CCN(C(=O)CN2C(=O)c3ccc([N+](=O)[O-])cc3C2=O)CC1. The summed E-state index contributed by atoms with van der Waals surface area (Å²) in [5.74, 6) is -2.18. The molecule has 1 N–H and O–H groups in total. The van der Waals surface area contributed by atoms with Crippen LogP contribution in [0, 0.1) is 21.4 Å². The number of imide groups is 1. The molecule has 2 heterocycles. The van der Waals surface area contributed by atoms with Crippen LogP contribution in [0.3, 0.4) is 0 Å². The van der Waals surface area contributed by atoms with Gasteiger partial charge in [0.1, 0.15) is 13.0 Å². The summed E-state index contributed by atoms with van der Waals surface area (Å²) in [4.78, 5) is 61.4. The Labute approximate surface area is 165 Å². The van der Waals surface area contributed by atoms with Crippen LogP contribution in [0.2, 0.25) is 0 Å². The fraction of sp³-hybridized carbons (Fsp3) is 0.389. The maximum atomic E-state index is 12.5. The minimum absolute atomic E-state index is 0.0345. The first kappa shape index (κ1) is 19.9. The second-order valence-electron chi connectivity index (χ2n) is 6.74. The zero-order valence-electron chi connectivity index (χ0n) is 15.3. The number of nitriles is 1. The van der Waals surface area contributed by atoms with Gasteiger partial charge in [0.25, 0.3) is 17.5 Å². The van der Waals surface area contributed by atoms with E-state index in [-0.39, 0.29) is 35.2 Å². The lowest BCUT2D eigenvalue weighted by Gasteiger charge is -2.33. The number of nitro benzene ring substituents is 1. The lowest BCUT2D eigenvalue weighted by atomic mass is 10.0. The summed E-state index contributed by atoms with van der Waals surface area (Å²) in [5, 5.41) is 22.1. The van der Waals surface area contributed by atoms with Crippen LogP contribution in [0.1, 0.15) is 40.0 Å². The molecule has 0 aliphatic carbocycles. The third-order valence-corrected chi connectivity index (χ3v) is 4.91. The third kappa shape index (κ3) is 4.06. The summed E-state index contributed by atoms with van der Waals surface area (Å²) in [7, 11) is 0. The highest BCUT2D eigenvalue weighted by Crippen LogP contribution is 2.27. The summed E-state index contributed by atoms with van der Waals surface area (Å²) < 4.78 is 0. The molecule has 2 aliphatic heterocycles. The number of nitrogens with zero attached hydrogens (tertiary/aromatic N) is 4. The standard InChI is InChI=1S/C18H17N5O6/c19-6-3-15(24)20-11-4-7-21(8-5-11)16(25)10-22-17(26)13-2-1-12(23(28)29)9-14(13)18(22)27/h1-2,9,11H,3-5,7-8,10H2,(H,20,24). The van der Waals surface area contributed by atoms with Crippen LogP contribution in [0.25, 0.3) is 0 Å². The van der Waals surface area contributed by atoms with E-state index in [0.29, 0.717) is 25.9 Å². The molecule has 0 radical (unpaired) electrons. The fourth-order valence-corrected chi connectivity index (χ4v) is 3.39. The van der Waals surface area contributed by atoms with E-state index in [0.717, 1.165) is 17.0 Å². The second-order valence-corrected chi connectivity index (χ2v) is 6.74. The van der Waals surface area contributed by atoms with E-state index in [2.05, 4.69) is 5.32 Å². The number of fused-ring (bicyclic) bond motifs is 1. The maximum absolute atomic E-state index is 12.5. The Hall–Kier alpha value is -3.81. The van der Waals surface area contributed by atoms with Gasteiger partial charge in [0.2, 0.25) is 11.8 Å². The number of carbonyl (C=O) groups is 4. The number of hydrogen-bond donors (Lipinski definition) is 1. The van der Waals surface area contributed by atoms with Crippen molar-refractivity contribution in [2.45, 2.75) is 25.3 Å². The molecule has 1 aromatic carbocycles. The summed E-state index contributed by atoms with van der Waals surface area (Å²) in [6.07, 6.45) is 0.769. The molecule has 11 nitrogen and oxygen atoms in total. The van der Waals surface area contributed by atoms with Gasteiger partial charge in [-0.2, -0.15) is 5.26 Å². The Morgan fingerprint density at radius 1 is 1.21 bits per heavy atom. The molecule has 0 atom stereocenters. The second kappa shape index (κ2) is 8.05. The van der Waals surface area contributed by atoms with Crippen molar-refractivity contribution in [2.24, 2.45) is 0 Å². The normalized spacial score (nSPS) is 16.4. The van der Waals surface area contributed by atoms with Gasteiger partial charge in [-0.15, -0.1) is 0 Å². The van der Waals surface area contributed by atoms with Crippen LogP contribution in [0.5, 0.6) is 0 Å². The molecule has 0 unspecified atom stereocenters. The smallest absolute Gasteiger partial charge is 0.270 e. The highest BCUT2D eigenvalue weighted by atomic mass is 16.6. The molecule has 11 heteroatoms. The van der Waals surface area contributed by atoms with E-state index in [1.807, 2.05) is 0 Å². The van der Waals surface area contributed by atoms with Crippen molar-refractivity contribution in [3.05, 3.63) is 39.4 Å². The van der Waals surface area contributed by atoms with Crippen molar-refractivity contribution in [1.29, 1.82) is 5.26 Å². The number of piperidine rings is 1. The molecule has 1 aromatic rings. The molecule has 2 aliphatic rings. The first-order chi connectivity index (χ1) is 13.8. The van der Waals surface area contributed by atoms with E-state index in [1.165, 1.54) is 11.0 Å². The van der Waals surface area contributed by atoms with Crippen LogP contribution in [0.4, 0.5) is 5.69 Å². The minimum Gasteiger partial charge on any atom is -0.352 e. The molecule has 0 bridgehead atoms. The van der Waals surface area contributed by atoms with Gasteiger partial charge in [-0.3, -0.25) is 34.2 Å². The molecule has 1 saturated heterocycles. The van der Waals surface area contributed by atoms with Gasteiger partial charge in [0.15, 0.2) is 0 Å². The van der Waals surface area contributed by atoms with Gasteiger partial charge in [-0.05, 0) is 18.9 Å². The monoisotopic (exact) mass is 399 g/mol. The van der Waals surface area contributed by atoms with Crippen molar-refractivity contribution in [3.63, 3.8) is 0 Å². The molecule has 3 rings (SSSR count). The molecule has 1 fully saturated rings. The fourth-order valence-electron chi connectivity index (χ4n) is 3.39. The minimum atomic E-state index is -0.735. The lowest BCUT2D eigenvalue weighted by molar-refractivity contribution is -0.384. The lowest BCUT2D eigenvalue weighted by Crippen LogP contribution is -2.49. The van der Waals surface area contributed by atoms with E-state index >= 15 is 0 Å². The maximum Gasteiger partial charge on any atom is 0.270 e. The first-order valence-electron chi connectivity index (χ1n) is 8.90. The van der Waals surface area contributed by atoms with Crippen molar-refractivity contribution in [3.8, 4) is 6.07 Å². The number of benzene rings is 1. The molecule has 0 spiro atoms. The molecule has 4 amide bonds. The average molecular weight is 399 g/mol. The van der Waals surface area contributed by atoms with E-state index in [1.54, 1.807) is 6.07 Å². The zero-order valence-corrected chi connectivity index (χ0v) is 15.3. The average Bonchev–Trinajstić information content (AvgIpc) is 2.93. The molecule has 29 heavy (non-hydrogen) atoms. The number of non-ortho nitro benzene ring substituents is 1. The van der Waals surface area contributed by atoms with E-state index in [4.69, 9.17) is 5.26 Å². The van der Waals surface area contributed by atoms with Gasteiger partial charge in [-0.25, -0.2) is 0 Å². The molecule has 0 saturated carbocycles. The molecule has 150 valence electrons. The Balaban J connectivity index is 1.60. The van der Waals surface area contributed by atoms with Gasteiger partial charge in [-0.1, -0.05) is 0 Å². The highest BCUT2D eigenvalue weighted by Gasteiger charge is 2.38. The van der Waals surface area contributed by atoms with Crippen LogP contribution in [-0.4, -0.2) is 64.0 Å². The third-order valence-electron chi connectivity index (χ3n) is 4.91. The van der Waals surface area contributed by atoms with Gasteiger partial charge in [0, 0.05) is 31.3 Å². The van der Waals surface area contributed by atoms with Gasteiger partial charge in [0.05, 0.1) is 22.1 Å². The Bertz CT molecular complexity index is 945. The van der Waals surface area contributed by atoms with Crippen LogP contribution in [-0.2, 0) is 9.59 Å². The van der Waals surface area contributed by atoms with Crippen LogP contribution >= 0.6 is 0 Å².